The van der Waals surface area contributed by atoms with E-state index in [0.29, 0.717) is 36.3 Å². The van der Waals surface area contributed by atoms with E-state index in [-0.39, 0.29) is 11.6 Å². The van der Waals surface area contributed by atoms with Crippen LogP contribution < -0.4 is 5.32 Å². The number of carbonyl (C=O) groups is 1. The number of likely N-dealkylation sites (tertiary alicyclic amines) is 1. The van der Waals surface area contributed by atoms with Gasteiger partial charge in [-0.25, -0.2) is 4.79 Å². The molecule has 1 heterocycles. The maximum atomic E-state index is 11.9. The van der Waals surface area contributed by atoms with Gasteiger partial charge < -0.3 is 10.1 Å². The molecule has 2 aliphatic rings. The zero-order valence-corrected chi connectivity index (χ0v) is 19.5. The maximum Gasteiger partial charge on any atom is 0.407 e. The van der Waals surface area contributed by atoms with Crippen LogP contribution in [0, 0.1) is 23.7 Å². The number of rotatable bonds is 7. The highest BCUT2D eigenvalue weighted by molar-refractivity contribution is 9.10. The van der Waals surface area contributed by atoms with Crippen molar-refractivity contribution in [3.8, 4) is 0 Å². The summed E-state index contributed by atoms with van der Waals surface area (Å²) in [5, 5.41) is 2.87. The predicted molar refractivity (Wildman–Crippen MR) is 117 cm³/mol. The molecule has 1 aliphatic carbocycles. The minimum Gasteiger partial charge on any atom is -0.449 e. The number of benzene rings is 1. The Morgan fingerprint density at radius 1 is 1.21 bits per heavy atom. The van der Waals surface area contributed by atoms with Gasteiger partial charge in [-0.15, -0.1) is 0 Å². The second-order valence-corrected chi connectivity index (χ2v) is 10.9. The highest BCUT2D eigenvalue weighted by Gasteiger charge is 2.56. The number of hydrogen-bond acceptors (Lipinski definition) is 3. The Morgan fingerprint density at radius 3 is 2.36 bits per heavy atom. The molecular formula is C23H35BrN2O2. The fourth-order valence-corrected chi connectivity index (χ4v) is 4.80. The van der Waals surface area contributed by atoms with E-state index < -0.39 is 0 Å². The smallest absolute Gasteiger partial charge is 0.407 e. The molecule has 3 rings (SSSR count). The van der Waals surface area contributed by atoms with Gasteiger partial charge in [0.15, 0.2) is 0 Å². The van der Waals surface area contributed by atoms with Crippen LogP contribution in [-0.2, 0) is 11.2 Å². The molecule has 28 heavy (non-hydrogen) atoms. The maximum absolute atomic E-state index is 11.9. The first-order valence-corrected chi connectivity index (χ1v) is 11.3. The van der Waals surface area contributed by atoms with E-state index in [1.807, 2.05) is 20.8 Å². The normalized spacial score (nSPS) is 25.5. The molecule has 1 saturated carbocycles. The molecule has 1 N–H and O–H groups in total. The van der Waals surface area contributed by atoms with Gasteiger partial charge in [0.05, 0.1) is 6.61 Å². The molecule has 3 atom stereocenters. The number of nitrogens with zero attached hydrogens (tertiary/aromatic N) is 1. The van der Waals surface area contributed by atoms with Crippen LogP contribution in [0.2, 0.25) is 0 Å². The Bertz CT molecular complexity index is 656. The van der Waals surface area contributed by atoms with Crippen molar-refractivity contribution in [2.24, 2.45) is 23.7 Å². The van der Waals surface area contributed by atoms with E-state index in [2.05, 4.69) is 64.3 Å². The second kappa shape index (κ2) is 8.74. The van der Waals surface area contributed by atoms with E-state index in [1.54, 1.807) is 0 Å². The SMILES string of the molecule is CC(C)CC(Cc1ccc(Br)cc1)N1CC2C(COC(=O)NC(C)(C)C)C2C1. The summed E-state index contributed by atoms with van der Waals surface area (Å²) in [6.45, 7) is 13.4. The van der Waals surface area contributed by atoms with E-state index in [4.69, 9.17) is 4.74 Å². The molecule has 3 unspecified atom stereocenters. The Labute approximate surface area is 178 Å². The molecule has 156 valence electrons. The van der Waals surface area contributed by atoms with Gasteiger partial charge in [0.2, 0.25) is 0 Å². The molecule has 4 nitrogen and oxygen atoms in total. The number of hydrogen-bond donors (Lipinski definition) is 1. The van der Waals surface area contributed by atoms with Crippen LogP contribution in [0.5, 0.6) is 0 Å². The number of piperidine rings is 1. The molecule has 0 spiro atoms. The van der Waals surface area contributed by atoms with E-state index >= 15 is 0 Å². The number of amides is 1. The fraction of sp³-hybridized carbons (Fsp3) is 0.696. The van der Waals surface area contributed by atoms with Gasteiger partial charge in [0, 0.05) is 35.1 Å². The van der Waals surface area contributed by atoms with Gasteiger partial charge in [-0.05, 0) is 69.1 Å². The molecule has 1 aromatic carbocycles. The van der Waals surface area contributed by atoms with E-state index in [9.17, 15) is 4.79 Å². The summed E-state index contributed by atoms with van der Waals surface area (Å²) >= 11 is 3.53. The monoisotopic (exact) mass is 450 g/mol. The van der Waals surface area contributed by atoms with Crippen molar-refractivity contribution in [1.29, 1.82) is 0 Å². The third kappa shape index (κ3) is 5.96. The summed E-state index contributed by atoms with van der Waals surface area (Å²) in [7, 11) is 0. The molecule has 0 radical (unpaired) electrons. The third-order valence-corrected chi connectivity index (χ3v) is 6.46. The number of alkyl carbamates (subject to hydrolysis) is 1. The Morgan fingerprint density at radius 2 is 1.82 bits per heavy atom. The van der Waals surface area contributed by atoms with Crippen molar-refractivity contribution < 1.29 is 9.53 Å². The van der Waals surface area contributed by atoms with Crippen LogP contribution in [0.25, 0.3) is 0 Å². The van der Waals surface area contributed by atoms with Crippen molar-refractivity contribution in [3.63, 3.8) is 0 Å². The lowest BCUT2D eigenvalue weighted by atomic mass is 9.95. The zero-order valence-electron chi connectivity index (χ0n) is 17.9. The number of halogens is 1. The van der Waals surface area contributed by atoms with Crippen LogP contribution >= 0.6 is 15.9 Å². The van der Waals surface area contributed by atoms with Crippen LogP contribution in [0.15, 0.2) is 28.7 Å². The van der Waals surface area contributed by atoms with Crippen molar-refractivity contribution in [3.05, 3.63) is 34.3 Å². The molecular weight excluding hydrogens is 416 g/mol. The summed E-state index contributed by atoms with van der Waals surface area (Å²) in [4.78, 5) is 14.6. The van der Waals surface area contributed by atoms with Crippen LogP contribution in [0.3, 0.4) is 0 Å². The van der Waals surface area contributed by atoms with Gasteiger partial charge in [-0.3, -0.25) is 4.90 Å². The lowest BCUT2D eigenvalue weighted by Gasteiger charge is -2.31. The molecule has 0 bridgehead atoms. The molecule has 1 aliphatic heterocycles. The number of fused-ring (bicyclic) bond motifs is 1. The first-order chi connectivity index (χ1) is 13.1. The quantitative estimate of drug-likeness (QED) is 0.627. The van der Waals surface area contributed by atoms with Gasteiger partial charge in [0.25, 0.3) is 0 Å². The van der Waals surface area contributed by atoms with Crippen LogP contribution in [0.4, 0.5) is 4.79 Å². The second-order valence-electron chi connectivity index (χ2n) is 10.0. The fourth-order valence-electron chi connectivity index (χ4n) is 4.54. The Kier molecular flexibility index (Phi) is 6.76. The van der Waals surface area contributed by atoms with Crippen molar-refractivity contribution in [2.75, 3.05) is 19.7 Å². The minimum atomic E-state index is -0.290. The lowest BCUT2D eigenvalue weighted by Crippen LogP contribution is -2.41. The molecule has 5 heteroatoms. The van der Waals surface area contributed by atoms with Gasteiger partial charge in [-0.2, -0.15) is 0 Å². The van der Waals surface area contributed by atoms with Gasteiger partial charge >= 0.3 is 6.09 Å². The van der Waals surface area contributed by atoms with Gasteiger partial charge in [0.1, 0.15) is 0 Å². The third-order valence-electron chi connectivity index (χ3n) is 5.93. The summed E-state index contributed by atoms with van der Waals surface area (Å²) in [6, 6.07) is 9.34. The number of carbonyl (C=O) groups excluding carboxylic acids is 1. The summed E-state index contributed by atoms with van der Waals surface area (Å²) in [5.74, 6) is 2.64. The highest BCUT2D eigenvalue weighted by Crippen LogP contribution is 2.52. The van der Waals surface area contributed by atoms with E-state index in [0.717, 1.165) is 24.0 Å². The van der Waals surface area contributed by atoms with Crippen molar-refractivity contribution >= 4 is 22.0 Å². The van der Waals surface area contributed by atoms with Gasteiger partial charge in [-0.1, -0.05) is 41.9 Å². The lowest BCUT2D eigenvalue weighted by molar-refractivity contribution is 0.118. The first kappa shape index (κ1) is 21.6. The van der Waals surface area contributed by atoms with E-state index in [1.165, 1.54) is 12.0 Å². The van der Waals surface area contributed by atoms with Crippen LogP contribution in [-0.4, -0.2) is 42.3 Å². The largest absolute Gasteiger partial charge is 0.449 e. The summed E-state index contributed by atoms with van der Waals surface area (Å²) in [5.41, 5.74) is 1.16. The molecule has 2 fully saturated rings. The summed E-state index contributed by atoms with van der Waals surface area (Å²) in [6.07, 6.45) is 2.05. The van der Waals surface area contributed by atoms with Crippen LogP contribution in [0.1, 0.15) is 46.6 Å². The standard InChI is InChI=1S/C23H35BrN2O2/c1-15(2)10-18(11-16-6-8-17(24)9-7-16)26-12-19-20(13-26)21(19)14-28-22(27)25-23(3,4)5/h6-9,15,18-21H,10-14H2,1-5H3,(H,25,27). The minimum absolute atomic E-state index is 0.246. The highest BCUT2D eigenvalue weighted by atomic mass is 79.9. The Balaban J connectivity index is 1.49. The number of ether oxygens (including phenoxy) is 1. The molecule has 1 amide bonds. The molecule has 1 saturated heterocycles. The average Bonchev–Trinajstić information content (AvgIpc) is 3.02. The van der Waals surface area contributed by atoms with Crippen molar-refractivity contribution in [1.82, 2.24) is 10.2 Å². The predicted octanol–water partition coefficient (Wildman–Crippen LogP) is 5.11. The first-order valence-electron chi connectivity index (χ1n) is 10.6. The van der Waals surface area contributed by atoms with Crippen molar-refractivity contribution in [2.45, 2.75) is 59.0 Å². The molecule has 1 aromatic rings. The number of nitrogens with one attached hydrogen (secondary N) is 1. The Hall–Kier alpha value is -1.07. The summed E-state index contributed by atoms with van der Waals surface area (Å²) < 4.78 is 6.61. The zero-order chi connectivity index (χ0) is 20.5. The average molecular weight is 451 g/mol. The topological polar surface area (TPSA) is 41.6 Å². The molecule has 0 aromatic heterocycles.